The maximum atomic E-state index is 11.1. The van der Waals surface area contributed by atoms with Gasteiger partial charge in [0.1, 0.15) is 5.69 Å². The topological polar surface area (TPSA) is 87.4 Å². The molecule has 0 saturated carbocycles. The molecule has 3 N–H and O–H groups in total. The molecule has 8 heteroatoms. The molecule has 0 atom stereocenters. The third kappa shape index (κ3) is 5.06. The van der Waals surface area contributed by atoms with Crippen molar-refractivity contribution in [3.8, 4) is 0 Å². The van der Waals surface area contributed by atoms with Crippen molar-refractivity contribution in [2.24, 2.45) is 5.73 Å². The van der Waals surface area contributed by atoms with Gasteiger partial charge in [-0.2, -0.15) is 0 Å². The average molecular weight is 375 g/mol. The van der Waals surface area contributed by atoms with E-state index in [4.69, 9.17) is 17.3 Å². The zero-order valence-electron chi connectivity index (χ0n) is 14.6. The number of carbonyl (C=O) groups is 1. The predicted octanol–water partition coefficient (Wildman–Crippen LogP) is 1.85. The molecule has 2 heterocycles. The first-order valence-electron chi connectivity index (χ1n) is 8.71. The summed E-state index contributed by atoms with van der Waals surface area (Å²) in [5.41, 5.74) is 6.63. The van der Waals surface area contributed by atoms with Crippen molar-refractivity contribution in [3.05, 3.63) is 47.2 Å². The standard InChI is InChI=1S/C18H23ClN6O/c19-14-3-1-4-15(13-14)25-11-9-24(10-12-25)8-2-6-21-18-22-7-5-16(23-18)17(20)26/h1,3-5,7,13H,2,6,8-12H2,(H2,20,26)(H,21,22,23). The van der Waals surface area contributed by atoms with Crippen molar-refractivity contribution in [2.75, 3.05) is 49.5 Å². The van der Waals surface area contributed by atoms with Gasteiger partial charge in [-0.25, -0.2) is 9.97 Å². The highest BCUT2D eigenvalue weighted by atomic mass is 35.5. The summed E-state index contributed by atoms with van der Waals surface area (Å²) in [4.78, 5) is 24.1. The molecule has 3 rings (SSSR count). The molecule has 1 fully saturated rings. The summed E-state index contributed by atoms with van der Waals surface area (Å²) in [6, 6.07) is 9.52. The minimum Gasteiger partial charge on any atom is -0.369 e. The molecule has 1 aromatic heterocycles. The number of carbonyl (C=O) groups excluding carboxylic acids is 1. The molecule has 0 unspecified atom stereocenters. The number of primary amides is 1. The SMILES string of the molecule is NC(=O)c1ccnc(NCCCN2CCN(c3cccc(Cl)c3)CC2)n1. The summed E-state index contributed by atoms with van der Waals surface area (Å²) in [6.07, 6.45) is 2.51. The lowest BCUT2D eigenvalue weighted by molar-refractivity contribution is 0.0995. The Balaban J connectivity index is 1.38. The number of nitrogens with zero attached hydrogens (tertiary/aromatic N) is 4. The second-order valence-electron chi connectivity index (χ2n) is 6.22. The molecular weight excluding hydrogens is 352 g/mol. The summed E-state index contributed by atoms with van der Waals surface area (Å²) in [6.45, 7) is 5.80. The second-order valence-corrected chi connectivity index (χ2v) is 6.66. The van der Waals surface area contributed by atoms with E-state index >= 15 is 0 Å². The molecule has 1 aromatic carbocycles. The van der Waals surface area contributed by atoms with Crippen LogP contribution in [0.3, 0.4) is 0 Å². The maximum Gasteiger partial charge on any atom is 0.267 e. The van der Waals surface area contributed by atoms with Gasteiger partial charge < -0.3 is 16.0 Å². The molecule has 0 bridgehead atoms. The van der Waals surface area contributed by atoms with Crippen LogP contribution in [0.15, 0.2) is 36.5 Å². The first-order chi connectivity index (χ1) is 12.6. The Morgan fingerprint density at radius 2 is 2.04 bits per heavy atom. The lowest BCUT2D eigenvalue weighted by Crippen LogP contribution is -2.46. The van der Waals surface area contributed by atoms with Gasteiger partial charge in [0.05, 0.1) is 0 Å². The zero-order chi connectivity index (χ0) is 18.4. The lowest BCUT2D eigenvalue weighted by Gasteiger charge is -2.36. The Morgan fingerprint density at radius 3 is 2.77 bits per heavy atom. The van der Waals surface area contributed by atoms with E-state index in [-0.39, 0.29) is 5.69 Å². The van der Waals surface area contributed by atoms with E-state index < -0.39 is 5.91 Å². The fourth-order valence-corrected chi connectivity index (χ4v) is 3.17. The third-order valence-corrected chi connectivity index (χ3v) is 4.62. The quantitative estimate of drug-likeness (QED) is 0.719. The molecular formula is C18H23ClN6O. The van der Waals surface area contributed by atoms with Gasteiger partial charge in [-0.15, -0.1) is 0 Å². The first kappa shape index (κ1) is 18.4. The Labute approximate surface area is 158 Å². The predicted molar refractivity (Wildman–Crippen MR) is 104 cm³/mol. The van der Waals surface area contributed by atoms with Crippen LogP contribution in [-0.2, 0) is 0 Å². The lowest BCUT2D eigenvalue weighted by atomic mass is 10.2. The molecule has 26 heavy (non-hydrogen) atoms. The number of aromatic nitrogens is 2. The molecule has 7 nitrogen and oxygen atoms in total. The van der Waals surface area contributed by atoms with Gasteiger partial charge in [0.15, 0.2) is 0 Å². The largest absolute Gasteiger partial charge is 0.369 e. The van der Waals surface area contributed by atoms with Crippen LogP contribution in [0.4, 0.5) is 11.6 Å². The molecule has 0 aliphatic carbocycles. The summed E-state index contributed by atoms with van der Waals surface area (Å²) in [5, 5.41) is 3.92. The Morgan fingerprint density at radius 1 is 1.23 bits per heavy atom. The van der Waals surface area contributed by atoms with Gasteiger partial charge in [0, 0.05) is 49.6 Å². The molecule has 0 radical (unpaired) electrons. The van der Waals surface area contributed by atoms with E-state index in [2.05, 4.69) is 31.2 Å². The highest BCUT2D eigenvalue weighted by Gasteiger charge is 2.16. The normalized spacial score (nSPS) is 15.0. The molecule has 1 saturated heterocycles. The van der Waals surface area contributed by atoms with Crippen LogP contribution in [-0.4, -0.2) is 60.0 Å². The number of hydrogen-bond donors (Lipinski definition) is 2. The Hall–Kier alpha value is -2.38. The van der Waals surface area contributed by atoms with Crippen molar-refractivity contribution >= 4 is 29.1 Å². The number of nitrogens with two attached hydrogens (primary N) is 1. The van der Waals surface area contributed by atoms with E-state index in [1.807, 2.05) is 18.2 Å². The average Bonchev–Trinajstić information content (AvgIpc) is 2.66. The van der Waals surface area contributed by atoms with Gasteiger partial charge in [-0.05, 0) is 37.2 Å². The van der Waals surface area contributed by atoms with Gasteiger partial charge in [0.2, 0.25) is 5.95 Å². The maximum absolute atomic E-state index is 11.1. The van der Waals surface area contributed by atoms with Crippen LogP contribution in [0.2, 0.25) is 5.02 Å². The highest BCUT2D eigenvalue weighted by molar-refractivity contribution is 6.30. The number of nitrogens with one attached hydrogen (secondary N) is 1. The number of benzene rings is 1. The molecule has 1 aliphatic heterocycles. The zero-order valence-corrected chi connectivity index (χ0v) is 15.3. The molecule has 2 aromatic rings. The number of rotatable bonds is 7. The van der Waals surface area contributed by atoms with Crippen LogP contribution in [0.25, 0.3) is 0 Å². The number of amides is 1. The molecule has 0 spiro atoms. The molecule has 1 amide bonds. The van der Waals surface area contributed by atoms with Gasteiger partial charge in [-0.3, -0.25) is 9.69 Å². The van der Waals surface area contributed by atoms with Crippen molar-refractivity contribution < 1.29 is 4.79 Å². The number of halogens is 1. The number of anilines is 2. The third-order valence-electron chi connectivity index (χ3n) is 4.39. The number of piperazine rings is 1. The van der Waals surface area contributed by atoms with Gasteiger partial charge in [0.25, 0.3) is 5.91 Å². The Bertz CT molecular complexity index is 748. The summed E-state index contributed by atoms with van der Waals surface area (Å²) >= 11 is 6.07. The van der Waals surface area contributed by atoms with Crippen molar-refractivity contribution in [3.63, 3.8) is 0 Å². The van der Waals surface area contributed by atoms with E-state index in [1.165, 1.54) is 18.0 Å². The summed E-state index contributed by atoms with van der Waals surface area (Å²) in [5.74, 6) is -0.111. The van der Waals surface area contributed by atoms with Crippen LogP contribution in [0.1, 0.15) is 16.9 Å². The van der Waals surface area contributed by atoms with Crippen LogP contribution >= 0.6 is 11.6 Å². The summed E-state index contributed by atoms with van der Waals surface area (Å²) in [7, 11) is 0. The first-order valence-corrected chi connectivity index (χ1v) is 9.09. The van der Waals surface area contributed by atoms with Gasteiger partial charge >= 0.3 is 0 Å². The van der Waals surface area contributed by atoms with E-state index in [9.17, 15) is 4.79 Å². The van der Waals surface area contributed by atoms with Crippen molar-refractivity contribution in [1.82, 2.24) is 14.9 Å². The monoisotopic (exact) mass is 374 g/mol. The molecule has 1 aliphatic rings. The van der Waals surface area contributed by atoms with Crippen LogP contribution in [0.5, 0.6) is 0 Å². The van der Waals surface area contributed by atoms with Crippen LogP contribution in [0, 0.1) is 0 Å². The smallest absolute Gasteiger partial charge is 0.267 e. The highest BCUT2D eigenvalue weighted by Crippen LogP contribution is 2.20. The minimum atomic E-state index is -0.548. The van der Waals surface area contributed by atoms with Crippen LogP contribution < -0.4 is 16.0 Å². The van der Waals surface area contributed by atoms with E-state index in [0.29, 0.717) is 5.95 Å². The van der Waals surface area contributed by atoms with Crippen molar-refractivity contribution in [2.45, 2.75) is 6.42 Å². The fourth-order valence-electron chi connectivity index (χ4n) is 2.99. The summed E-state index contributed by atoms with van der Waals surface area (Å²) < 4.78 is 0. The van der Waals surface area contributed by atoms with E-state index in [0.717, 1.165) is 50.7 Å². The number of hydrogen-bond acceptors (Lipinski definition) is 6. The Kier molecular flexibility index (Phi) is 6.25. The second kappa shape index (κ2) is 8.82. The minimum absolute atomic E-state index is 0.222. The van der Waals surface area contributed by atoms with Gasteiger partial charge in [-0.1, -0.05) is 17.7 Å². The fraction of sp³-hybridized carbons (Fsp3) is 0.389. The van der Waals surface area contributed by atoms with Crippen molar-refractivity contribution in [1.29, 1.82) is 0 Å². The molecule has 138 valence electrons. The van der Waals surface area contributed by atoms with E-state index in [1.54, 1.807) is 0 Å².